The lowest BCUT2D eigenvalue weighted by Gasteiger charge is -2.08. The second kappa shape index (κ2) is 7.30. The molecule has 0 saturated carbocycles. The summed E-state index contributed by atoms with van der Waals surface area (Å²) in [7, 11) is 0. The quantitative estimate of drug-likeness (QED) is 0.357. The van der Waals surface area contributed by atoms with Gasteiger partial charge in [-0.1, -0.05) is 13.3 Å². The minimum absolute atomic E-state index is 0.197. The Labute approximate surface area is 110 Å². The number of unbranched alkanes of at least 4 members (excludes halogenated alkanes) is 1. The molecule has 7 heteroatoms. The van der Waals surface area contributed by atoms with E-state index in [1.165, 1.54) is 0 Å². The van der Waals surface area contributed by atoms with Crippen molar-refractivity contribution >= 4 is 12.2 Å². The molecule has 0 fully saturated rings. The summed E-state index contributed by atoms with van der Waals surface area (Å²) < 4.78 is 32.3. The van der Waals surface area contributed by atoms with Crippen molar-refractivity contribution in [3.05, 3.63) is 29.3 Å². The number of halogens is 2. The largest absolute Gasteiger partial charge is 0.488 e. The maximum absolute atomic E-state index is 13.6. The Morgan fingerprint density at radius 3 is 2.47 bits per heavy atom. The van der Waals surface area contributed by atoms with Crippen molar-refractivity contribution in [2.45, 2.75) is 19.8 Å². The zero-order valence-corrected chi connectivity index (χ0v) is 10.6. The Balaban J connectivity index is 2.84. The van der Waals surface area contributed by atoms with Gasteiger partial charge < -0.3 is 16.2 Å². The normalized spacial score (nSPS) is 10.7. The highest BCUT2D eigenvalue weighted by molar-refractivity contribution is 5.81. The van der Waals surface area contributed by atoms with E-state index in [0.29, 0.717) is 0 Å². The predicted octanol–water partition coefficient (Wildman–Crippen LogP) is 1.75. The Morgan fingerprint density at radius 2 is 1.95 bits per heavy atom. The molecule has 0 atom stereocenters. The van der Waals surface area contributed by atoms with Gasteiger partial charge in [-0.3, -0.25) is 0 Å². The van der Waals surface area contributed by atoms with Gasteiger partial charge in [0.25, 0.3) is 0 Å². The van der Waals surface area contributed by atoms with E-state index < -0.39 is 11.6 Å². The summed E-state index contributed by atoms with van der Waals surface area (Å²) in [6, 6.07) is 2.19. The van der Waals surface area contributed by atoms with Crippen LogP contribution < -0.4 is 16.2 Å². The van der Waals surface area contributed by atoms with E-state index in [-0.39, 0.29) is 23.9 Å². The number of nitrogens with two attached hydrogens (primary N) is 2. The molecule has 4 N–H and O–H groups in total. The van der Waals surface area contributed by atoms with Crippen LogP contribution in [0.2, 0.25) is 0 Å². The van der Waals surface area contributed by atoms with Gasteiger partial charge in [-0.2, -0.15) is 5.10 Å². The van der Waals surface area contributed by atoms with Gasteiger partial charge in [0, 0.05) is 5.56 Å². The minimum Gasteiger partial charge on any atom is -0.488 e. The van der Waals surface area contributed by atoms with Crippen molar-refractivity contribution in [2.75, 3.05) is 6.61 Å². The number of benzene rings is 1. The zero-order valence-electron chi connectivity index (χ0n) is 10.6. The highest BCUT2D eigenvalue weighted by Crippen LogP contribution is 2.23. The van der Waals surface area contributed by atoms with Crippen LogP contribution in [-0.2, 0) is 0 Å². The van der Waals surface area contributed by atoms with Gasteiger partial charge in [0.2, 0.25) is 5.96 Å². The van der Waals surface area contributed by atoms with Crippen LogP contribution in [0, 0.1) is 11.6 Å². The fourth-order valence-electron chi connectivity index (χ4n) is 1.27. The van der Waals surface area contributed by atoms with Gasteiger partial charge in [0.05, 0.1) is 12.8 Å². The molecule has 104 valence electrons. The molecular formula is C12H16F2N4O. The third kappa shape index (κ3) is 4.90. The number of ether oxygens (including phenoxy) is 1. The van der Waals surface area contributed by atoms with Crippen molar-refractivity contribution in [1.82, 2.24) is 0 Å². The standard InChI is InChI=1S/C12H16F2N4O/c1-2-3-4-19-11-9(13)5-8(6-10(11)14)7-17-18-12(15)16/h5-7H,2-4H2,1H3,(H4,15,16,18). The Bertz CT molecular complexity index is 462. The highest BCUT2D eigenvalue weighted by Gasteiger charge is 2.11. The van der Waals surface area contributed by atoms with Crippen LogP contribution in [-0.4, -0.2) is 18.8 Å². The highest BCUT2D eigenvalue weighted by atomic mass is 19.1. The lowest BCUT2D eigenvalue weighted by molar-refractivity contribution is 0.278. The molecule has 0 aliphatic carbocycles. The zero-order chi connectivity index (χ0) is 14.3. The molecule has 0 unspecified atom stereocenters. The number of hydrogen-bond donors (Lipinski definition) is 2. The number of hydrogen-bond acceptors (Lipinski definition) is 3. The fourth-order valence-corrected chi connectivity index (χ4v) is 1.27. The van der Waals surface area contributed by atoms with Crippen molar-refractivity contribution in [2.24, 2.45) is 21.7 Å². The van der Waals surface area contributed by atoms with Crippen molar-refractivity contribution in [3.8, 4) is 5.75 Å². The van der Waals surface area contributed by atoms with E-state index in [4.69, 9.17) is 16.2 Å². The first-order valence-corrected chi connectivity index (χ1v) is 5.78. The average Bonchev–Trinajstić information content (AvgIpc) is 2.32. The van der Waals surface area contributed by atoms with Gasteiger partial charge in [-0.05, 0) is 18.6 Å². The van der Waals surface area contributed by atoms with E-state index in [1.807, 2.05) is 6.92 Å². The maximum atomic E-state index is 13.6. The molecule has 0 aliphatic rings. The molecule has 19 heavy (non-hydrogen) atoms. The molecule has 0 spiro atoms. The van der Waals surface area contributed by atoms with Crippen molar-refractivity contribution in [1.29, 1.82) is 0 Å². The van der Waals surface area contributed by atoms with Crippen LogP contribution in [0.5, 0.6) is 5.75 Å². The predicted molar refractivity (Wildman–Crippen MR) is 70.2 cm³/mol. The van der Waals surface area contributed by atoms with Gasteiger partial charge in [-0.25, -0.2) is 8.78 Å². The first-order chi connectivity index (χ1) is 9.04. The average molecular weight is 270 g/mol. The molecule has 1 aromatic rings. The molecule has 0 aromatic heterocycles. The molecule has 0 bridgehead atoms. The van der Waals surface area contributed by atoms with Gasteiger partial charge in [0.15, 0.2) is 17.4 Å². The van der Waals surface area contributed by atoms with Crippen molar-refractivity contribution < 1.29 is 13.5 Å². The van der Waals surface area contributed by atoms with Gasteiger partial charge in [0.1, 0.15) is 0 Å². The molecule has 0 heterocycles. The van der Waals surface area contributed by atoms with Crippen LogP contribution in [0.1, 0.15) is 25.3 Å². The summed E-state index contributed by atoms with van der Waals surface area (Å²) in [4.78, 5) is 0. The first-order valence-electron chi connectivity index (χ1n) is 5.78. The molecular weight excluding hydrogens is 254 g/mol. The summed E-state index contributed by atoms with van der Waals surface area (Å²) in [6.45, 7) is 2.23. The third-order valence-electron chi connectivity index (χ3n) is 2.14. The summed E-state index contributed by atoms with van der Waals surface area (Å²) >= 11 is 0. The summed E-state index contributed by atoms with van der Waals surface area (Å²) in [5.74, 6) is -2.20. The molecule has 0 aliphatic heterocycles. The number of rotatable bonds is 6. The van der Waals surface area contributed by atoms with Crippen LogP contribution in [0.15, 0.2) is 22.3 Å². The van der Waals surface area contributed by atoms with Crippen LogP contribution in [0.25, 0.3) is 0 Å². The Kier molecular flexibility index (Phi) is 5.72. The molecule has 5 nitrogen and oxygen atoms in total. The molecule has 1 rings (SSSR count). The SMILES string of the molecule is CCCCOc1c(F)cc(C=NN=C(N)N)cc1F. The van der Waals surface area contributed by atoms with Gasteiger partial charge >= 0.3 is 0 Å². The molecule has 1 aromatic carbocycles. The van der Waals surface area contributed by atoms with E-state index >= 15 is 0 Å². The summed E-state index contributed by atoms with van der Waals surface area (Å²) in [6.07, 6.45) is 2.75. The van der Waals surface area contributed by atoms with Crippen molar-refractivity contribution in [3.63, 3.8) is 0 Å². The molecule has 0 radical (unpaired) electrons. The van der Waals surface area contributed by atoms with Crippen LogP contribution in [0.3, 0.4) is 0 Å². The number of nitrogens with zero attached hydrogens (tertiary/aromatic N) is 2. The van der Waals surface area contributed by atoms with E-state index in [0.717, 1.165) is 31.2 Å². The monoisotopic (exact) mass is 270 g/mol. The first kappa shape index (κ1) is 14.9. The van der Waals surface area contributed by atoms with E-state index in [1.54, 1.807) is 0 Å². The minimum atomic E-state index is -0.790. The van der Waals surface area contributed by atoms with E-state index in [2.05, 4.69) is 10.2 Å². The lowest BCUT2D eigenvalue weighted by Crippen LogP contribution is -2.21. The third-order valence-corrected chi connectivity index (χ3v) is 2.14. The fraction of sp³-hybridized carbons (Fsp3) is 0.333. The summed E-state index contributed by atoms with van der Waals surface area (Å²) in [5, 5.41) is 6.80. The second-order valence-corrected chi connectivity index (χ2v) is 3.79. The smallest absolute Gasteiger partial charge is 0.211 e. The number of guanidine groups is 1. The van der Waals surface area contributed by atoms with E-state index in [9.17, 15) is 8.78 Å². The second-order valence-electron chi connectivity index (χ2n) is 3.79. The lowest BCUT2D eigenvalue weighted by atomic mass is 10.2. The summed E-state index contributed by atoms with van der Waals surface area (Å²) in [5.41, 5.74) is 10.3. The Hall–Kier alpha value is -2.18. The maximum Gasteiger partial charge on any atom is 0.211 e. The molecule has 0 amide bonds. The van der Waals surface area contributed by atoms with Crippen LogP contribution >= 0.6 is 0 Å². The van der Waals surface area contributed by atoms with Gasteiger partial charge in [-0.15, -0.1) is 5.10 Å². The Morgan fingerprint density at radius 1 is 1.32 bits per heavy atom. The molecule has 0 saturated heterocycles. The van der Waals surface area contributed by atoms with Crippen LogP contribution in [0.4, 0.5) is 8.78 Å². The topological polar surface area (TPSA) is 86.0 Å².